The molecule has 3 rings (SSSR count). The summed E-state index contributed by atoms with van der Waals surface area (Å²) >= 11 is 0. The molecule has 1 aromatic rings. The predicted molar refractivity (Wildman–Crippen MR) is 107 cm³/mol. The highest BCUT2D eigenvalue weighted by atomic mass is 19.3. The number of carbonyl (C=O) groups excluding carboxylic acids is 3. The molecule has 0 amide bonds. The fourth-order valence-corrected chi connectivity index (χ4v) is 3.67. The number of hydrogen-bond donors (Lipinski definition) is 1. The minimum atomic E-state index is -3.46. The summed E-state index contributed by atoms with van der Waals surface area (Å²) in [4.78, 5) is 36.3. The van der Waals surface area contributed by atoms with Gasteiger partial charge in [-0.1, -0.05) is 19.1 Å². The molecule has 174 valence electrons. The van der Waals surface area contributed by atoms with Crippen LogP contribution in [0.25, 0.3) is 0 Å². The average molecular weight is 454 g/mol. The topological polar surface area (TPSA) is 108 Å². The Morgan fingerprint density at radius 1 is 1.22 bits per heavy atom. The molecule has 32 heavy (non-hydrogen) atoms. The van der Waals surface area contributed by atoms with Crippen LogP contribution in [0.1, 0.15) is 48.5 Å². The molecule has 2 aliphatic heterocycles. The van der Waals surface area contributed by atoms with Crippen LogP contribution in [-0.4, -0.2) is 55.8 Å². The lowest BCUT2D eigenvalue weighted by atomic mass is 9.64. The first kappa shape index (κ1) is 24.1. The molecule has 0 bridgehead atoms. The highest BCUT2D eigenvalue weighted by molar-refractivity contribution is 6.47. The van der Waals surface area contributed by atoms with Crippen molar-refractivity contribution in [3.05, 3.63) is 29.3 Å². The highest BCUT2D eigenvalue weighted by Gasteiger charge is 2.43. The molecule has 0 saturated carbocycles. The van der Waals surface area contributed by atoms with Gasteiger partial charge in [0.15, 0.2) is 0 Å². The van der Waals surface area contributed by atoms with Crippen LogP contribution in [0.3, 0.4) is 0 Å². The molecule has 1 aromatic carbocycles. The van der Waals surface area contributed by atoms with Crippen LogP contribution < -0.4 is 4.65 Å². The monoisotopic (exact) mass is 454 g/mol. The maximum absolute atomic E-state index is 13.6. The number of carbonyl (C=O) groups is 3. The molecule has 0 radical (unpaired) electrons. The second-order valence-corrected chi connectivity index (χ2v) is 7.85. The van der Waals surface area contributed by atoms with Gasteiger partial charge in [-0.25, -0.2) is 4.79 Å². The molecule has 0 aliphatic carbocycles. The molecule has 0 aromatic heterocycles. The number of alkyl halides is 2. The summed E-state index contributed by atoms with van der Waals surface area (Å²) in [6.07, 6.45) is -0.0293. The second-order valence-electron chi connectivity index (χ2n) is 7.85. The molecule has 1 fully saturated rings. The van der Waals surface area contributed by atoms with E-state index in [1.54, 1.807) is 12.1 Å². The Balaban J connectivity index is 1.60. The Morgan fingerprint density at radius 3 is 2.62 bits per heavy atom. The molecule has 1 saturated heterocycles. The summed E-state index contributed by atoms with van der Waals surface area (Å²) in [6, 6.07) is 4.56. The van der Waals surface area contributed by atoms with Crippen molar-refractivity contribution in [1.29, 1.82) is 0 Å². The zero-order valence-electron chi connectivity index (χ0n) is 17.7. The Kier molecular flexibility index (Phi) is 7.84. The standard InChI is InChI=1S/C21H25BF2O8/c1-2-21(23,24)17(25)11-15-10-14-4-3-5-16(18(14)32-22(15)28)20(27)31-12-30-19(26)13-6-8-29-9-7-13/h3-5,13,15,28H,2,6-12H2,1H3/t15-/m1/s1. The maximum atomic E-state index is 13.6. The Bertz CT molecular complexity index is 856. The SMILES string of the molecule is CCC(F)(F)C(=O)C[C@H]1Cc2cccc(C(=O)OCOC(=O)C3CCOCC3)c2OB1O. The number of Topliss-reactive ketones (excluding diaryl/α,β-unsaturated/α-hetero) is 1. The molecule has 0 unspecified atom stereocenters. The van der Waals surface area contributed by atoms with Crippen LogP contribution in [-0.2, 0) is 30.2 Å². The minimum absolute atomic E-state index is 0.00710. The predicted octanol–water partition coefficient (Wildman–Crippen LogP) is 2.56. The number of rotatable bonds is 8. The number of para-hydroxylation sites is 1. The molecule has 1 atom stereocenters. The van der Waals surface area contributed by atoms with Crippen molar-refractivity contribution in [1.82, 2.24) is 0 Å². The van der Waals surface area contributed by atoms with Crippen molar-refractivity contribution in [3.8, 4) is 5.75 Å². The van der Waals surface area contributed by atoms with E-state index in [9.17, 15) is 28.2 Å². The van der Waals surface area contributed by atoms with Gasteiger partial charge in [0.25, 0.3) is 0 Å². The quantitative estimate of drug-likeness (QED) is 0.363. The fraction of sp³-hybridized carbons (Fsp3) is 0.571. The van der Waals surface area contributed by atoms with Crippen molar-refractivity contribution < 1.29 is 47.1 Å². The van der Waals surface area contributed by atoms with E-state index < -0.39 is 56.2 Å². The van der Waals surface area contributed by atoms with Crippen LogP contribution in [0, 0.1) is 5.92 Å². The number of halogens is 2. The van der Waals surface area contributed by atoms with Crippen molar-refractivity contribution >= 4 is 24.8 Å². The van der Waals surface area contributed by atoms with E-state index in [1.807, 2.05) is 0 Å². The van der Waals surface area contributed by atoms with Gasteiger partial charge < -0.3 is 23.9 Å². The normalized spacial score (nSPS) is 19.0. The smallest absolute Gasteiger partial charge is 0.526 e. The molecular formula is C21H25BF2O8. The van der Waals surface area contributed by atoms with Crippen molar-refractivity contribution in [2.75, 3.05) is 20.0 Å². The largest absolute Gasteiger partial charge is 0.535 e. The van der Waals surface area contributed by atoms with Crippen LogP contribution in [0.4, 0.5) is 8.78 Å². The average Bonchev–Trinajstić information content (AvgIpc) is 2.79. The third-order valence-corrected chi connectivity index (χ3v) is 5.69. The van der Waals surface area contributed by atoms with Crippen LogP contribution in [0.5, 0.6) is 5.75 Å². The molecule has 0 spiro atoms. The van der Waals surface area contributed by atoms with Crippen LogP contribution in [0.15, 0.2) is 18.2 Å². The van der Waals surface area contributed by atoms with Gasteiger partial charge in [0.2, 0.25) is 12.6 Å². The zero-order chi connectivity index (χ0) is 23.3. The first-order valence-corrected chi connectivity index (χ1v) is 10.5. The summed E-state index contributed by atoms with van der Waals surface area (Å²) < 4.78 is 47.8. The van der Waals surface area contributed by atoms with Gasteiger partial charge >= 0.3 is 25.0 Å². The van der Waals surface area contributed by atoms with Crippen molar-refractivity contribution in [2.45, 2.75) is 50.8 Å². The van der Waals surface area contributed by atoms with E-state index in [4.69, 9.17) is 18.9 Å². The molecule has 2 aliphatic rings. The number of fused-ring (bicyclic) bond motifs is 1. The Labute approximate surface area is 184 Å². The summed E-state index contributed by atoms with van der Waals surface area (Å²) in [5, 5.41) is 10.3. The summed E-state index contributed by atoms with van der Waals surface area (Å²) in [5.74, 6) is -7.16. The Hall–Kier alpha value is -2.53. The third-order valence-electron chi connectivity index (χ3n) is 5.69. The zero-order valence-corrected chi connectivity index (χ0v) is 17.7. The minimum Gasteiger partial charge on any atom is -0.535 e. The van der Waals surface area contributed by atoms with Crippen LogP contribution in [0.2, 0.25) is 5.82 Å². The van der Waals surface area contributed by atoms with E-state index in [0.717, 1.165) is 0 Å². The van der Waals surface area contributed by atoms with Gasteiger partial charge in [-0.15, -0.1) is 0 Å². The summed E-state index contributed by atoms with van der Waals surface area (Å²) in [6.45, 7) is 1.57. The molecule has 2 heterocycles. The lowest BCUT2D eigenvalue weighted by molar-refractivity contribution is -0.160. The maximum Gasteiger partial charge on any atom is 0.526 e. The van der Waals surface area contributed by atoms with E-state index in [1.165, 1.54) is 13.0 Å². The number of benzene rings is 1. The van der Waals surface area contributed by atoms with E-state index in [-0.39, 0.29) is 23.7 Å². The van der Waals surface area contributed by atoms with Gasteiger partial charge in [-0.05, 0) is 30.9 Å². The number of ketones is 1. The fourth-order valence-electron chi connectivity index (χ4n) is 3.67. The van der Waals surface area contributed by atoms with Gasteiger partial charge in [0.05, 0.1) is 5.92 Å². The molecular weight excluding hydrogens is 429 g/mol. The number of esters is 2. The second kappa shape index (κ2) is 10.4. The van der Waals surface area contributed by atoms with Gasteiger partial charge in [-0.3, -0.25) is 9.59 Å². The van der Waals surface area contributed by atoms with Gasteiger partial charge in [-0.2, -0.15) is 8.78 Å². The number of hydrogen-bond acceptors (Lipinski definition) is 8. The number of ether oxygens (including phenoxy) is 3. The van der Waals surface area contributed by atoms with Gasteiger partial charge in [0, 0.05) is 31.9 Å². The Morgan fingerprint density at radius 2 is 1.94 bits per heavy atom. The van der Waals surface area contributed by atoms with Crippen molar-refractivity contribution in [2.24, 2.45) is 5.92 Å². The first-order valence-electron chi connectivity index (χ1n) is 10.5. The lowest BCUT2D eigenvalue weighted by Gasteiger charge is -2.29. The summed E-state index contributed by atoms with van der Waals surface area (Å²) in [7, 11) is -1.54. The van der Waals surface area contributed by atoms with Gasteiger partial charge in [0.1, 0.15) is 11.3 Å². The van der Waals surface area contributed by atoms with E-state index in [0.29, 0.717) is 31.6 Å². The third kappa shape index (κ3) is 5.63. The molecule has 1 N–H and O–H groups in total. The first-order chi connectivity index (χ1) is 15.2. The summed E-state index contributed by atoms with van der Waals surface area (Å²) in [5.41, 5.74) is 0.467. The van der Waals surface area contributed by atoms with E-state index >= 15 is 0 Å². The van der Waals surface area contributed by atoms with Crippen molar-refractivity contribution in [3.63, 3.8) is 0 Å². The molecule has 11 heteroatoms. The van der Waals surface area contributed by atoms with E-state index in [2.05, 4.69) is 0 Å². The highest BCUT2D eigenvalue weighted by Crippen LogP contribution is 2.38. The molecule has 8 nitrogen and oxygen atoms in total. The lowest BCUT2D eigenvalue weighted by Crippen LogP contribution is -2.38. The van der Waals surface area contributed by atoms with Crippen LogP contribution >= 0.6 is 0 Å².